The number of guanidine groups is 1. The van der Waals surface area contributed by atoms with E-state index in [4.69, 9.17) is 4.74 Å². The number of hydrogen-bond donors (Lipinski definition) is 2. The SMILES string of the molecule is CN=C(NCc1scnc1C)N(C)CCC(NC(=O)OC(C)(C)C)C(C)C. The van der Waals surface area contributed by atoms with Gasteiger partial charge in [-0.2, -0.15) is 0 Å². The Kier molecular flexibility index (Phi) is 9.02. The lowest BCUT2D eigenvalue weighted by Crippen LogP contribution is -2.45. The molecule has 154 valence electrons. The van der Waals surface area contributed by atoms with Gasteiger partial charge in [-0.3, -0.25) is 4.99 Å². The van der Waals surface area contributed by atoms with E-state index < -0.39 is 5.60 Å². The zero-order valence-electron chi connectivity index (χ0n) is 17.9. The van der Waals surface area contributed by atoms with Crippen molar-refractivity contribution in [2.45, 2.75) is 66.2 Å². The van der Waals surface area contributed by atoms with Crippen molar-refractivity contribution >= 4 is 23.4 Å². The van der Waals surface area contributed by atoms with E-state index in [2.05, 4.69) is 39.4 Å². The Morgan fingerprint density at radius 1 is 1.41 bits per heavy atom. The summed E-state index contributed by atoms with van der Waals surface area (Å²) >= 11 is 1.64. The first kappa shape index (κ1) is 23.2. The molecule has 1 aromatic heterocycles. The number of aliphatic imine (C=N–C) groups is 1. The van der Waals surface area contributed by atoms with Crippen molar-refractivity contribution < 1.29 is 9.53 Å². The summed E-state index contributed by atoms with van der Waals surface area (Å²) in [6, 6.07) is 0.0316. The summed E-state index contributed by atoms with van der Waals surface area (Å²) < 4.78 is 5.38. The average Bonchev–Trinajstić information content (AvgIpc) is 2.95. The smallest absolute Gasteiger partial charge is 0.407 e. The Hall–Kier alpha value is -1.83. The van der Waals surface area contributed by atoms with Crippen LogP contribution in [0.15, 0.2) is 10.5 Å². The van der Waals surface area contributed by atoms with Crippen molar-refractivity contribution in [1.29, 1.82) is 0 Å². The number of alkyl carbamates (subject to hydrolysis) is 1. The number of carbonyl (C=O) groups excluding carboxylic acids is 1. The molecule has 0 aliphatic rings. The van der Waals surface area contributed by atoms with Gasteiger partial charge in [-0.25, -0.2) is 9.78 Å². The standard InChI is InChI=1S/C19H35N5O2S/c1-13(2)15(23-18(25)26-19(4,5)6)9-10-24(8)17(20-7)21-11-16-14(3)22-12-27-16/h12-13,15H,9-11H2,1-8H3,(H,20,21)(H,23,25). The molecule has 0 aliphatic heterocycles. The van der Waals surface area contributed by atoms with Crippen molar-refractivity contribution in [3.63, 3.8) is 0 Å². The molecule has 2 N–H and O–H groups in total. The minimum atomic E-state index is -0.497. The number of amides is 1. The molecule has 0 saturated heterocycles. The maximum atomic E-state index is 12.1. The second-order valence-electron chi connectivity index (χ2n) is 7.97. The Balaban J connectivity index is 2.55. The molecule has 0 saturated carbocycles. The highest BCUT2D eigenvalue weighted by Gasteiger charge is 2.22. The number of carbonyl (C=O) groups is 1. The third-order valence-corrected chi connectivity index (χ3v) is 5.04. The fourth-order valence-electron chi connectivity index (χ4n) is 2.51. The van der Waals surface area contributed by atoms with Crippen molar-refractivity contribution in [3.8, 4) is 0 Å². The molecule has 8 heteroatoms. The van der Waals surface area contributed by atoms with Crippen molar-refractivity contribution in [2.24, 2.45) is 10.9 Å². The third kappa shape index (κ3) is 8.60. The number of hydrogen-bond acceptors (Lipinski definition) is 5. The van der Waals surface area contributed by atoms with Crippen molar-refractivity contribution in [2.75, 3.05) is 20.6 Å². The van der Waals surface area contributed by atoms with Crippen LogP contribution in [0.2, 0.25) is 0 Å². The predicted molar refractivity (Wildman–Crippen MR) is 112 cm³/mol. The molecule has 27 heavy (non-hydrogen) atoms. The summed E-state index contributed by atoms with van der Waals surface area (Å²) in [4.78, 5) is 24.0. The Labute approximate surface area is 167 Å². The highest BCUT2D eigenvalue weighted by Crippen LogP contribution is 2.13. The van der Waals surface area contributed by atoms with E-state index in [9.17, 15) is 4.79 Å². The first-order valence-electron chi connectivity index (χ1n) is 9.33. The summed E-state index contributed by atoms with van der Waals surface area (Å²) in [5.41, 5.74) is 2.41. The van der Waals surface area contributed by atoms with Gasteiger partial charge in [0.1, 0.15) is 5.60 Å². The lowest BCUT2D eigenvalue weighted by Gasteiger charge is -2.28. The first-order valence-corrected chi connectivity index (χ1v) is 10.2. The monoisotopic (exact) mass is 397 g/mol. The number of aromatic nitrogens is 1. The topological polar surface area (TPSA) is 78.9 Å². The van der Waals surface area contributed by atoms with Gasteiger partial charge < -0.3 is 20.3 Å². The third-order valence-electron chi connectivity index (χ3n) is 4.11. The fourth-order valence-corrected chi connectivity index (χ4v) is 3.23. The molecular weight excluding hydrogens is 362 g/mol. The van der Waals surface area contributed by atoms with Gasteiger partial charge in [-0.15, -0.1) is 11.3 Å². The van der Waals surface area contributed by atoms with E-state index in [-0.39, 0.29) is 12.1 Å². The van der Waals surface area contributed by atoms with Crippen LogP contribution in [-0.2, 0) is 11.3 Å². The molecule has 0 aromatic carbocycles. The summed E-state index contributed by atoms with van der Waals surface area (Å²) in [7, 11) is 3.77. The predicted octanol–water partition coefficient (Wildman–Crippen LogP) is 3.40. The van der Waals surface area contributed by atoms with Gasteiger partial charge in [0, 0.05) is 31.6 Å². The molecule has 1 unspecified atom stereocenters. The number of ether oxygens (including phenoxy) is 1. The molecule has 0 aliphatic carbocycles. The van der Waals surface area contributed by atoms with Crippen molar-refractivity contribution in [1.82, 2.24) is 20.5 Å². The van der Waals surface area contributed by atoms with E-state index in [1.165, 1.54) is 4.88 Å². The van der Waals surface area contributed by atoms with Crippen LogP contribution >= 0.6 is 11.3 Å². The zero-order chi connectivity index (χ0) is 20.6. The Morgan fingerprint density at radius 3 is 2.56 bits per heavy atom. The van der Waals surface area contributed by atoms with Gasteiger partial charge in [0.25, 0.3) is 0 Å². The number of aryl methyl sites for hydroxylation is 1. The largest absolute Gasteiger partial charge is 0.444 e. The average molecular weight is 398 g/mol. The summed E-state index contributed by atoms with van der Waals surface area (Å²) in [5.74, 6) is 1.13. The lowest BCUT2D eigenvalue weighted by atomic mass is 10.0. The van der Waals surface area contributed by atoms with E-state index in [1.807, 2.05) is 40.3 Å². The van der Waals surface area contributed by atoms with Crippen LogP contribution in [0, 0.1) is 12.8 Å². The highest BCUT2D eigenvalue weighted by molar-refractivity contribution is 7.09. The van der Waals surface area contributed by atoms with Crippen LogP contribution in [0.4, 0.5) is 4.79 Å². The van der Waals surface area contributed by atoms with Gasteiger partial charge in [-0.1, -0.05) is 13.8 Å². The minimum Gasteiger partial charge on any atom is -0.444 e. The minimum absolute atomic E-state index is 0.0316. The molecule has 1 atom stereocenters. The Bertz CT molecular complexity index is 622. The molecular formula is C19H35N5O2S. The van der Waals surface area contributed by atoms with Crippen LogP contribution in [-0.4, -0.2) is 54.2 Å². The fraction of sp³-hybridized carbons (Fsp3) is 0.737. The molecule has 1 aromatic rings. The molecule has 0 spiro atoms. The van der Waals surface area contributed by atoms with Crippen LogP contribution in [0.3, 0.4) is 0 Å². The molecule has 0 radical (unpaired) electrons. The van der Waals surface area contributed by atoms with Gasteiger partial charge in [0.15, 0.2) is 5.96 Å². The quantitative estimate of drug-likeness (QED) is 0.545. The van der Waals surface area contributed by atoms with Crippen LogP contribution in [0.5, 0.6) is 0 Å². The Morgan fingerprint density at radius 2 is 2.07 bits per heavy atom. The number of thiazole rings is 1. The molecule has 7 nitrogen and oxygen atoms in total. The highest BCUT2D eigenvalue weighted by atomic mass is 32.1. The van der Waals surface area contributed by atoms with Crippen LogP contribution in [0.25, 0.3) is 0 Å². The zero-order valence-corrected chi connectivity index (χ0v) is 18.7. The second kappa shape index (κ2) is 10.5. The number of nitrogens with one attached hydrogen (secondary N) is 2. The van der Waals surface area contributed by atoms with Gasteiger partial charge >= 0.3 is 6.09 Å². The van der Waals surface area contributed by atoms with Crippen molar-refractivity contribution in [3.05, 3.63) is 16.1 Å². The number of nitrogens with zero attached hydrogens (tertiary/aromatic N) is 3. The molecule has 1 rings (SSSR count). The summed E-state index contributed by atoms with van der Waals surface area (Å²) in [6.45, 7) is 13.3. The normalized spacial score (nSPS) is 13.4. The number of rotatable bonds is 7. The summed E-state index contributed by atoms with van der Waals surface area (Å²) in [6.07, 6.45) is 0.431. The van der Waals surface area contributed by atoms with Gasteiger partial charge in [0.2, 0.25) is 0 Å². The maximum Gasteiger partial charge on any atom is 0.407 e. The van der Waals surface area contributed by atoms with E-state index >= 15 is 0 Å². The van der Waals surface area contributed by atoms with E-state index in [0.717, 1.165) is 24.6 Å². The van der Waals surface area contributed by atoms with Crippen LogP contribution < -0.4 is 10.6 Å². The summed E-state index contributed by atoms with van der Waals surface area (Å²) in [5, 5.41) is 6.36. The van der Waals surface area contributed by atoms with Gasteiger partial charge in [-0.05, 0) is 40.0 Å². The molecule has 0 fully saturated rings. The first-order chi connectivity index (χ1) is 12.5. The maximum absolute atomic E-state index is 12.1. The lowest BCUT2D eigenvalue weighted by molar-refractivity contribution is 0.0486. The molecule has 0 bridgehead atoms. The van der Waals surface area contributed by atoms with Gasteiger partial charge in [0.05, 0.1) is 17.7 Å². The van der Waals surface area contributed by atoms with E-state index in [1.54, 1.807) is 18.4 Å². The van der Waals surface area contributed by atoms with E-state index in [0.29, 0.717) is 12.5 Å². The van der Waals surface area contributed by atoms with Crippen LogP contribution in [0.1, 0.15) is 51.6 Å². The molecule has 1 heterocycles. The second-order valence-corrected chi connectivity index (χ2v) is 8.91. The molecule has 1 amide bonds.